The number of likely N-dealkylation sites (N-methyl/N-ethyl adjacent to an activating group) is 1. The van der Waals surface area contributed by atoms with Gasteiger partial charge in [0, 0.05) is 13.6 Å². The third-order valence-electron chi connectivity index (χ3n) is 3.38. The molecule has 1 aromatic heterocycles. The fourth-order valence-electron chi connectivity index (χ4n) is 2.09. The molecule has 1 heterocycles. The molecule has 0 aliphatic heterocycles. The van der Waals surface area contributed by atoms with Crippen molar-refractivity contribution in [2.24, 2.45) is 7.05 Å². The average molecular weight is 322 g/mol. The maximum atomic E-state index is 9.20. The van der Waals surface area contributed by atoms with Gasteiger partial charge in [-0.05, 0) is 43.9 Å². The van der Waals surface area contributed by atoms with Crippen molar-refractivity contribution in [1.29, 1.82) is 0 Å². The molecular formula is C15H22N4O2S. The Morgan fingerprint density at radius 2 is 2.18 bits per heavy atom. The first-order valence-corrected chi connectivity index (χ1v) is 7.53. The average Bonchev–Trinajstić information content (AvgIpc) is 2.75. The summed E-state index contributed by atoms with van der Waals surface area (Å²) in [5.41, 5.74) is 1.18. The minimum Gasteiger partial charge on any atom is -0.492 e. The van der Waals surface area contributed by atoms with Crippen molar-refractivity contribution in [2.75, 3.05) is 20.2 Å². The standard InChI is InChI=1S/C15H22N4O2S/c1-12-5-4-6-13(9-12)21-8-7-17(2)11-19-15(22)18(3)14(10-20)16-19/h4-6,9,20H,7-8,10-11H2,1-3H3. The Balaban J connectivity index is 1.86. The molecule has 0 spiro atoms. The first-order valence-electron chi connectivity index (χ1n) is 7.13. The minimum absolute atomic E-state index is 0.118. The Morgan fingerprint density at radius 3 is 2.82 bits per heavy atom. The van der Waals surface area contributed by atoms with Crippen LogP contribution in [0.25, 0.3) is 0 Å². The third kappa shape index (κ3) is 4.16. The van der Waals surface area contributed by atoms with Crippen LogP contribution in [0.5, 0.6) is 5.75 Å². The molecule has 0 amide bonds. The molecule has 120 valence electrons. The van der Waals surface area contributed by atoms with Crippen molar-refractivity contribution >= 4 is 12.2 Å². The van der Waals surface area contributed by atoms with Gasteiger partial charge in [0.2, 0.25) is 0 Å². The van der Waals surface area contributed by atoms with Gasteiger partial charge in [0.05, 0.1) is 6.67 Å². The normalized spacial score (nSPS) is 11.1. The van der Waals surface area contributed by atoms with Crippen LogP contribution >= 0.6 is 12.2 Å². The lowest BCUT2D eigenvalue weighted by atomic mass is 10.2. The van der Waals surface area contributed by atoms with Crippen LogP contribution in [0.2, 0.25) is 0 Å². The maximum Gasteiger partial charge on any atom is 0.198 e. The van der Waals surface area contributed by atoms with Crippen LogP contribution in [0.15, 0.2) is 24.3 Å². The van der Waals surface area contributed by atoms with E-state index in [0.29, 0.717) is 23.9 Å². The summed E-state index contributed by atoms with van der Waals surface area (Å²) in [6.07, 6.45) is 0. The zero-order chi connectivity index (χ0) is 16.1. The number of ether oxygens (including phenoxy) is 1. The van der Waals surface area contributed by atoms with Crippen molar-refractivity contribution in [2.45, 2.75) is 20.2 Å². The lowest BCUT2D eigenvalue weighted by molar-refractivity contribution is 0.196. The first kappa shape index (κ1) is 16.7. The van der Waals surface area contributed by atoms with Crippen LogP contribution in [0.3, 0.4) is 0 Å². The number of nitrogens with zero attached hydrogens (tertiary/aromatic N) is 4. The second-order valence-electron chi connectivity index (χ2n) is 5.30. The quantitative estimate of drug-likeness (QED) is 0.787. The van der Waals surface area contributed by atoms with Gasteiger partial charge in [-0.3, -0.25) is 4.90 Å². The molecule has 22 heavy (non-hydrogen) atoms. The Hall–Kier alpha value is -1.70. The van der Waals surface area contributed by atoms with Gasteiger partial charge in [0.1, 0.15) is 19.0 Å². The van der Waals surface area contributed by atoms with Crippen LogP contribution in [0, 0.1) is 11.7 Å². The smallest absolute Gasteiger partial charge is 0.198 e. The highest BCUT2D eigenvalue weighted by Crippen LogP contribution is 2.12. The number of aliphatic hydroxyl groups excluding tert-OH is 1. The van der Waals surface area contributed by atoms with Crippen LogP contribution in [-0.4, -0.2) is 44.6 Å². The number of aryl methyl sites for hydroxylation is 1. The molecule has 0 unspecified atom stereocenters. The summed E-state index contributed by atoms with van der Waals surface area (Å²) in [5, 5.41) is 13.5. The molecule has 0 saturated heterocycles. The fraction of sp³-hybridized carbons (Fsp3) is 0.467. The molecular weight excluding hydrogens is 300 g/mol. The van der Waals surface area contributed by atoms with Gasteiger partial charge >= 0.3 is 0 Å². The zero-order valence-electron chi connectivity index (χ0n) is 13.2. The molecule has 0 radical (unpaired) electrons. The van der Waals surface area contributed by atoms with Crippen LogP contribution in [0.1, 0.15) is 11.4 Å². The van der Waals surface area contributed by atoms with Gasteiger partial charge in [-0.25, -0.2) is 4.68 Å². The Morgan fingerprint density at radius 1 is 1.41 bits per heavy atom. The second-order valence-corrected chi connectivity index (χ2v) is 5.67. The number of aliphatic hydroxyl groups is 1. The highest BCUT2D eigenvalue weighted by molar-refractivity contribution is 7.71. The molecule has 0 saturated carbocycles. The molecule has 1 N–H and O–H groups in total. The van der Waals surface area contributed by atoms with Gasteiger partial charge in [-0.15, -0.1) is 0 Å². The monoisotopic (exact) mass is 322 g/mol. The van der Waals surface area contributed by atoms with Crippen molar-refractivity contribution in [1.82, 2.24) is 19.2 Å². The van der Waals surface area contributed by atoms with Gasteiger partial charge in [-0.1, -0.05) is 12.1 Å². The Labute approximate surface area is 135 Å². The van der Waals surface area contributed by atoms with E-state index in [1.807, 2.05) is 38.2 Å². The molecule has 2 aromatic rings. The van der Waals surface area contributed by atoms with Crippen molar-refractivity contribution in [3.63, 3.8) is 0 Å². The summed E-state index contributed by atoms with van der Waals surface area (Å²) in [5.74, 6) is 1.44. The van der Waals surface area contributed by atoms with Gasteiger partial charge in [0.25, 0.3) is 0 Å². The summed E-state index contributed by atoms with van der Waals surface area (Å²) >= 11 is 5.30. The van der Waals surface area contributed by atoms with Gasteiger partial charge in [0.15, 0.2) is 10.6 Å². The maximum absolute atomic E-state index is 9.20. The number of benzene rings is 1. The largest absolute Gasteiger partial charge is 0.492 e. The molecule has 6 nitrogen and oxygen atoms in total. The summed E-state index contributed by atoms with van der Waals surface area (Å²) < 4.78 is 9.74. The van der Waals surface area contributed by atoms with E-state index in [0.717, 1.165) is 12.3 Å². The van der Waals surface area contributed by atoms with Crippen LogP contribution in [0.4, 0.5) is 0 Å². The molecule has 0 atom stereocenters. The molecule has 0 bridgehead atoms. The number of hydrogen-bond donors (Lipinski definition) is 1. The van der Waals surface area contributed by atoms with Gasteiger partial charge in [-0.2, -0.15) is 5.10 Å². The topological polar surface area (TPSA) is 55.4 Å². The molecule has 0 aliphatic carbocycles. The summed E-state index contributed by atoms with van der Waals surface area (Å²) in [6, 6.07) is 8.00. The summed E-state index contributed by atoms with van der Waals surface area (Å²) in [4.78, 5) is 2.07. The zero-order valence-corrected chi connectivity index (χ0v) is 14.0. The summed E-state index contributed by atoms with van der Waals surface area (Å²) in [6.45, 7) is 3.82. The highest BCUT2D eigenvalue weighted by atomic mass is 32.1. The van der Waals surface area contributed by atoms with Crippen molar-refractivity contribution < 1.29 is 9.84 Å². The SMILES string of the molecule is Cc1cccc(OCCN(C)Cn2nc(CO)n(C)c2=S)c1. The summed E-state index contributed by atoms with van der Waals surface area (Å²) in [7, 11) is 3.78. The lowest BCUT2D eigenvalue weighted by Gasteiger charge is -2.16. The molecule has 0 fully saturated rings. The second kappa shape index (κ2) is 7.53. The Kier molecular flexibility index (Phi) is 5.70. The van der Waals surface area contributed by atoms with E-state index in [2.05, 4.69) is 10.00 Å². The molecule has 0 aliphatic rings. The predicted octanol–water partition coefficient (Wildman–Crippen LogP) is 1.72. The number of aromatic nitrogens is 3. The first-order chi connectivity index (χ1) is 10.5. The predicted molar refractivity (Wildman–Crippen MR) is 87.3 cm³/mol. The van der Waals surface area contributed by atoms with E-state index in [9.17, 15) is 5.11 Å². The van der Waals surface area contributed by atoms with E-state index in [4.69, 9.17) is 17.0 Å². The van der Waals surface area contributed by atoms with Crippen LogP contribution < -0.4 is 4.74 Å². The lowest BCUT2D eigenvalue weighted by Crippen LogP contribution is -2.27. The minimum atomic E-state index is -0.118. The highest BCUT2D eigenvalue weighted by Gasteiger charge is 2.08. The number of hydrogen-bond acceptors (Lipinski definition) is 5. The van der Waals surface area contributed by atoms with E-state index >= 15 is 0 Å². The molecule has 1 aromatic carbocycles. The van der Waals surface area contributed by atoms with Crippen molar-refractivity contribution in [3.8, 4) is 5.75 Å². The third-order valence-corrected chi connectivity index (χ3v) is 3.86. The van der Waals surface area contributed by atoms with E-state index in [1.165, 1.54) is 5.56 Å². The van der Waals surface area contributed by atoms with Gasteiger partial charge < -0.3 is 14.4 Å². The Bertz CT molecular complexity index is 680. The fourth-order valence-corrected chi connectivity index (χ4v) is 2.29. The van der Waals surface area contributed by atoms with E-state index in [-0.39, 0.29) is 6.61 Å². The van der Waals surface area contributed by atoms with Crippen LogP contribution in [-0.2, 0) is 20.3 Å². The molecule has 7 heteroatoms. The molecule has 2 rings (SSSR count). The van der Waals surface area contributed by atoms with Crippen molar-refractivity contribution in [3.05, 3.63) is 40.4 Å². The van der Waals surface area contributed by atoms with E-state index in [1.54, 1.807) is 16.3 Å². The number of rotatable bonds is 7. The van der Waals surface area contributed by atoms with E-state index < -0.39 is 0 Å².